The Hall–Kier alpha value is -1.35. The highest BCUT2D eigenvalue weighted by Crippen LogP contribution is 2.43. The highest BCUT2D eigenvalue weighted by atomic mass is 19.1. The van der Waals surface area contributed by atoms with Crippen molar-refractivity contribution in [2.75, 3.05) is 6.54 Å². The van der Waals surface area contributed by atoms with Crippen molar-refractivity contribution in [3.05, 3.63) is 35.8 Å². The SMILES string of the molecule is NCC1(c2c[nH]c3c(F)cccc23)CCCC1. The molecule has 1 aliphatic carbocycles. The van der Waals surface area contributed by atoms with Crippen molar-refractivity contribution in [1.29, 1.82) is 0 Å². The van der Waals surface area contributed by atoms with Crippen molar-refractivity contribution < 1.29 is 4.39 Å². The van der Waals surface area contributed by atoms with Crippen LogP contribution in [0.15, 0.2) is 24.4 Å². The first kappa shape index (κ1) is 10.8. The van der Waals surface area contributed by atoms with Crippen LogP contribution in [0.3, 0.4) is 0 Å². The molecule has 1 aliphatic rings. The summed E-state index contributed by atoms with van der Waals surface area (Å²) >= 11 is 0. The zero-order valence-electron chi connectivity index (χ0n) is 9.80. The normalized spacial score (nSPS) is 18.9. The van der Waals surface area contributed by atoms with E-state index in [0.29, 0.717) is 12.1 Å². The molecule has 1 aromatic carbocycles. The van der Waals surface area contributed by atoms with Crippen molar-refractivity contribution in [1.82, 2.24) is 4.98 Å². The molecule has 2 nitrogen and oxygen atoms in total. The molecule has 3 heteroatoms. The lowest BCUT2D eigenvalue weighted by Gasteiger charge is -2.26. The quantitative estimate of drug-likeness (QED) is 0.821. The van der Waals surface area contributed by atoms with Gasteiger partial charge in [0, 0.05) is 23.5 Å². The van der Waals surface area contributed by atoms with Crippen molar-refractivity contribution in [3.8, 4) is 0 Å². The van der Waals surface area contributed by atoms with Crippen LogP contribution < -0.4 is 5.73 Å². The van der Waals surface area contributed by atoms with E-state index in [1.54, 1.807) is 6.07 Å². The fraction of sp³-hybridized carbons (Fsp3) is 0.429. The number of aromatic amines is 1. The van der Waals surface area contributed by atoms with Gasteiger partial charge in [0.25, 0.3) is 0 Å². The summed E-state index contributed by atoms with van der Waals surface area (Å²) < 4.78 is 13.7. The summed E-state index contributed by atoms with van der Waals surface area (Å²) in [5.41, 5.74) is 7.86. The lowest BCUT2D eigenvalue weighted by molar-refractivity contribution is 0.457. The second-order valence-corrected chi connectivity index (χ2v) is 5.06. The Bertz CT molecular complexity index is 538. The first-order chi connectivity index (χ1) is 8.27. The second kappa shape index (κ2) is 3.84. The molecule has 3 N–H and O–H groups in total. The topological polar surface area (TPSA) is 41.8 Å². The Labute approximate surface area is 100 Å². The number of rotatable bonds is 2. The van der Waals surface area contributed by atoms with Crippen LogP contribution in [0.2, 0.25) is 0 Å². The molecule has 17 heavy (non-hydrogen) atoms. The summed E-state index contributed by atoms with van der Waals surface area (Å²) in [5.74, 6) is -0.182. The first-order valence-electron chi connectivity index (χ1n) is 6.23. The lowest BCUT2D eigenvalue weighted by Crippen LogP contribution is -2.31. The number of halogens is 1. The molecule has 0 aliphatic heterocycles. The average molecular weight is 232 g/mol. The molecule has 0 radical (unpaired) electrons. The largest absolute Gasteiger partial charge is 0.358 e. The van der Waals surface area contributed by atoms with E-state index in [1.807, 2.05) is 12.3 Å². The van der Waals surface area contributed by atoms with Gasteiger partial charge in [0.2, 0.25) is 0 Å². The molecule has 1 aromatic heterocycles. The Morgan fingerprint density at radius 2 is 2.06 bits per heavy atom. The number of hydrogen-bond acceptors (Lipinski definition) is 1. The molecule has 0 atom stereocenters. The summed E-state index contributed by atoms with van der Waals surface area (Å²) in [6.45, 7) is 0.649. The zero-order chi connectivity index (χ0) is 11.9. The monoisotopic (exact) mass is 232 g/mol. The minimum Gasteiger partial charge on any atom is -0.358 e. The van der Waals surface area contributed by atoms with Crippen molar-refractivity contribution in [2.24, 2.45) is 5.73 Å². The van der Waals surface area contributed by atoms with Crippen LogP contribution in [0.5, 0.6) is 0 Å². The summed E-state index contributed by atoms with van der Waals surface area (Å²) in [6, 6.07) is 5.25. The second-order valence-electron chi connectivity index (χ2n) is 5.06. The van der Waals surface area contributed by atoms with Crippen LogP contribution >= 0.6 is 0 Å². The predicted molar refractivity (Wildman–Crippen MR) is 67.5 cm³/mol. The van der Waals surface area contributed by atoms with E-state index in [0.717, 1.165) is 18.2 Å². The number of nitrogens with one attached hydrogen (secondary N) is 1. The van der Waals surface area contributed by atoms with Crippen LogP contribution in [0.4, 0.5) is 4.39 Å². The molecule has 1 saturated carbocycles. The number of aromatic nitrogens is 1. The molecule has 3 rings (SSSR count). The molecule has 0 amide bonds. The lowest BCUT2D eigenvalue weighted by atomic mass is 9.79. The highest BCUT2D eigenvalue weighted by molar-refractivity contribution is 5.84. The van der Waals surface area contributed by atoms with E-state index in [9.17, 15) is 4.39 Å². The van der Waals surface area contributed by atoms with Crippen LogP contribution in [0, 0.1) is 5.82 Å². The van der Waals surface area contributed by atoms with Crippen LogP contribution in [0.1, 0.15) is 31.2 Å². The van der Waals surface area contributed by atoms with Gasteiger partial charge in [0.05, 0.1) is 5.52 Å². The van der Waals surface area contributed by atoms with E-state index in [-0.39, 0.29) is 11.2 Å². The van der Waals surface area contributed by atoms with Gasteiger partial charge in [-0.25, -0.2) is 4.39 Å². The van der Waals surface area contributed by atoms with E-state index in [1.165, 1.54) is 24.5 Å². The first-order valence-corrected chi connectivity index (χ1v) is 6.23. The Balaban J connectivity index is 2.20. The van der Waals surface area contributed by atoms with Crippen molar-refractivity contribution in [2.45, 2.75) is 31.1 Å². The maximum atomic E-state index is 13.7. The summed E-state index contributed by atoms with van der Waals surface area (Å²) in [4.78, 5) is 3.06. The summed E-state index contributed by atoms with van der Waals surface area (Å²) in [7, 11) is 0. The molecule has 2 aromatic rings. The third kappa shape index (κ3) is 1.49. The number of nitrogens with two attached hydrogens (primary N) is 1. The molecular weight excluding hydrogens is 215 g/mol. The smallest absolute Gasteiger partial charge is 0.147 e. The fourth-order valence-electron chi connectivity index (χ4n) is 3.19. The highest BCUT2D eigenvalue weighted by Gasteiger charge is 2.36. The van der Waals surface area contributed by atoms with E-state index in [2.05, 4.69) is 4.98 Å². The molecule has 90 valence electrons. The Morgan fingerprint density at radius 1 is 1.29 bits per heavy atom. The standard InChI is InChI=1S/C14H17FN2/c15-12-5-3-4-10-11(8-17-13(10)12)14(9-16)6-1-2-7-14/h3-5,8,17H,1-2,6-7,9,16H2. The summed E-state index contributed by atoms with van der Waals surface area (Å²) in [5, 5.41) is 0.998. The number of H-pyrrole nitrogens is 1. The van der Waals surface area contributed by atoms with Crippen LogP contribution in [-0.2, 0) is 5.41 Å². The average Bonchev–Trinajstić information content (AvgIpc) is 2.96. The molecule has 0 bridgehead atoms. The van der Waals surface area contributed by atoms with Crippen molar-refractivity contribution in [3.63, 3.8) is 0 Å². The molecular formula is C14H17FN2. The van der Waals surface area contributed by atoms with E-state index >= 15 is 0 Å². The van der Waals surface area contributed by atoms with E-state index in [4.69, 9.17) is 5.73 Å². The summed E-state index contributed by atoms with van der Waals surface area (Å²) in [6.07, 6.45) is 6.63. The molecule has 1 heterocycles. The molecule has 0 spiro atoms. The number of fused-ring (bicyclic) bond motifs is 1. The zero-order valence-corrected chi connectivity index (χ0v) is 9.80. The van der Waals surface area contributed by atoms with Crippen molar-refractivity contribution >= 4 is 10.9 Å². The maximum Gasteiger partial charge on any atom is 0.147 e. The predicted octanol–water partition coefficient (Wildman–Crippen LogP) is 3.08. The van der Waals surface area contributed by atoms with Gasteiger partial charge in [-0.2, -0.15) is 0 Å². The molecule has 0 saturated heterocycles. The molecule has 1 fully saturated rings. The number of para-hydroxylation sites is 1. The number of benzene rings is 1. The Morgan fingerprint density at radius 3 is 2.76 bits per heavy atom. The van der Waals surface area contributed by atoms with Gasteiger partial charge >= 0.3 is 0 Å². The van der Waals surface area contributed by atoms with Gasteiger partial charge in [0.1, 0.15) is 5.82 Å². The number of hydrogen-bond donors (Lipinski definition) is 2. The Kier molecular flexibility index (Phi) is 2.44. The van der Waals surface area contributed by atoms with Gasteiger partial charge in [-0.15, -0.1) is 0 Å². The van der Waals surface area contributed by atoms with Crippen LogP contribution in [-0.4, -0.2) is 11.5 Å². The molecule has 0 unspecified atom stereocenters. The van der Waals surface area contributed by atoms with Crippen LogP contribution in [0.25, 0.3) is 10.9 Å². The van der Waals surface area contributed by atoms with Gasteiger partial charge in [-0.1, -0.05) is 25.0 Å². The third-order valence-electron chi connectivity index (χ3n) is 4.19. The van der Waals surface area contributed by atoms with Gasteiger partial charge < -0.3 is 10.7 Å². The van der Waals surface area contributed by atoms with Gasteiger partial charge in [0.15, 0.2) is 0 Å². The van der Waals surface area contributed by atoms with Gasteiger partial charge in [-0.05, 0) is 24.5 Å². The fourth-order valence-corrected chi connectivity index (χ4v) is 3.19. The van der Waals surface area contributed by atoms with E-state index < -0.39 is 0 Å². The minimum absolute atomic E-state index is 0.0616. The maximum absolute atomic E-state index is 13.7. The van der Waals surface area contributed by atoms with Gasteiger partial charge in [-0.3, -0.25) is 0 Å². The third-order valence-corrected chi connectivity index (χ3v) is 4.19. The minimum atomic E-state index is -0.182.